The van der Waals surface area contributed by atoms with Crippen molar-refractivity contribution >= 4 is 44.2 Å². The van der Waals surface area contributed by atoms with Crippen molar-refractivity contribution in [1.29, 1.82) is 0 Å². The Balaban J connectivity index is 1.57. The molecular weight excluding hydrogens is 370 g/mol. The molecule has 2 amide bonds. The van der Waals surface area contributed by atoms with Gasteiger partial charge in [0.15, 0.2) is 5.13 Å². The quantitative estimate of drug-likeness (QED) is 0.511. The molecule has 138 valence electrons. The average Bonchev–Trinajstić information content (AvgIpc) is 3.12. The van der Waals surface area contributed by atoms with Crippen LogP contribution in [0.2, 0.25) is 0 Å². The van der Waals surface area contributed by atoms with E-state index in [-0.39, 0.29) is 11.8 Å². The molecule has 0 bridgehead atoms. The molecule has 0 spiro atoms. The van der Waals surface area contributed by atoms with E-state index in [0.717, 1.165) is 15.8 Å². The Bertz CT molecular complexity index is 1150. The van der Waals surface area contributed by atoms with Crippen LogP contribution < -0.4 is 10.6 Å². The third kappa shape index (κ3) is 3.77. The minimum Gasteiger partial charge on any atom is -0.322 e. The molecular formula is C22H17N3O2S. The molecule has 1 aromatic heterocycles. The summed E-state index contributed by atoms with van der Waals surface area (Å²) in [5.41, 5.74) is 3.61. The molecule has 2 N–H and O–H groups in total. The summed E-state index contributed by atoms with van der Waals surface area (Å²) in [4.78, 5) is 29.3. The predicted molar refractivity (Wildman–Crippen MR) is 113 cm³/mol. The molecule has 4 aromatic rings. The molecule has 28 heavy (non-hydrogen) atoms. The van der Waals surface area contributed by atoms with Crippen molar-refractivity contribution in [3.8, 4) is 0 Å². The van der Waals surface area contributed by atoms with Crippen molar-refractivity contribution in [1.82, 2.24) is 4.98 Å². The molecule has 0 saturated heterocycles. The zero-order valence-corrected chi connectivity index (χ0v) is 15.9. The van der Waals surface area contributed by atoms with Crippen molar-refractivity contribution < 1.29 is 9.59 Å². The summed E-state index contributed by atoms with van der Waals surface area (Å²) in [5, 5.41) is 6.29. The summed E-state index contributed by atoms with van der Waals surface area (Å²) < 4.78 is 0.895. The van der Waals surface area contributed by atoms with Crippen molar-refractivity contribution in [3.63, 3.8) is 0 Å². The Morgan fingerprint density at radius 3 is 2.00 bits per heavy atom. The number of anilines is 2. The number of fused-ring (bicyclic) bond motifs is 1. The fraction of sp³-hybridized carbons (Fsp3) is 0.0455. The standard InChI is InChI=1S/C22H17N3O2S/c1-14-12-17(23-20(26)15-8-4-2-5-9-15)13-18-19(14)24-22(28-18)25-21(27)16-10-6-3-7-11-16/h2-13H,1H3,(H,23,26)(H,24,25,27). The van der Waals surface area contributed by atoms with E-state index in [4.69, 9.17) is 0 Å². The molecule has 0 fully saturated rings. The lowest BCUT2D eigenvalue weighted by Crippen LogP contribution is -2.11. The first kappa shape index (κ1) is 17.9. The fourth-order valence-corrected chi connectivity index (χ4v) is 3.85. The molecule has 3 aromatic carbocycles. The lowest BCUT2D eigenvalue weighted by atomic mass is 10.1. The van der Waals surface area contributed by atoms with Crippen LogP contribution in [0.5, 0.6) is 0 Å². The van der Waals surface area contributed by atoms with Crippen molar-refractivity contribution in [2.75, 3.05) is 10.6 Å². The maximum Gasteiger partial charge on any atom is 0.257 e. The first-order valence-electron chi connectivity index (χ1n) is 8.74. The van der Waals surface area contributed by atoms with Gasteiger partial charge in [0, 0.05) is 16.8 Å². The van der Waals surface area contributed by atoms with E-state index in [0.29, 0.717) is 21.9 Å². The van der Waals surface area contributed by atoms with E-state index in [1.807, 2.05) is 55.5 Å². The number of rotatable bonds is 4. The van der Waals surface area contributed by atoms with E-state index in [2.05, 4.69) is 15.6 Å². The molecule has 0 aliphatic rings. The largest absolute Gasteiger partial charge is 0.322 e. The molecule has 0 radical (unpaired) electrons. The Labute approximate surface area is 166 Å². The smallest absolute Gasteiger partial charge is 0.257 e. The highest BCUT2D eigenvalue weighted by Crippen LogP contribution is 2.31. The zero-order valence-electron chi connectivity index (χ0n) is 15.1. The summed E-state index contributed by atoms with van der Waals surface area (Å²) in [7, 11) is 0. The summed E-state index contributed by atoms with van der Waals surface area (Å²) >= 11 is 1.38. The van der Waals surface area contributed by atoms with Gasteiger partial charge in [-0.05, 0) is 48.9 Å². The van der Waals surface area contributed by atoms with Crippen LogP contribution in [0.25, 0.3) is 10.2 Å². The summed E-state index contributed by atoms with van der Waals surface area (Å²) in [5.74, 6) is -0.364. The number of hydrogen-bond donors (Lipinski definition) is 2. The molecule has 0 aliphatic carbocycles. The number of aryl methyl sites for hydroxylation is 1. The van der Waals surface area contributed by atoms with Gasteiger partial charge < -0.3 is 5.32 Å². The SMILES string of the molecule is Cc1cc(NC(=O)c2ccccc2)cc2sc(NC(=O)c3ccccc3)nc12. The summed E-state index contributed by atoms with van der Waals surface area (Å²) in [6, 6.07) is 21.8. The molecule has 5 nitrogen and oxygen atoms in total. The number of nitrogens with zero attached hydrogens (tertiary/aromatic N) is 1. The Morgan fingerprint density at radius 1 is 0.821 bits per heavy atom. The number of carbonyl (C=O) groups is 2. The summed E-state index contributed by atoms with van der Waals surface area (Å²) in [6.07, 6.45) is 0. The second-order valence-electron chi connectivity index (χ2n) is 6.30. The fourth-order valence-electron chi connectivity index (χ4n) is 2.87. The number of carbonyl (C=O) groups excluding carboxylic acids is 2. The Kier molecular flexibility index (Phi) is 4.87. The second-order valence-corrected chi connectivity index (χ2v) is 7.33. The van der Waals surface area contributed by atoms with Gasteiger partial charge in [0.1, 0.15) is 0 Å². The number of amides is 2. The van der Waals surface area contributed by atoms with Crippen molar-refractivity contribution in [2.24, 2.45) is 0 Å². The van der Waals surface area contributed by atoms with Crippen LogP contribution in [0.4, 0.5) is 10.8 Å². The lowest BCUT2D eigenvalue weighted by Gasteiger charge is -2.06. The van der Waals surface area contributed by atoms with E-state index in [9.17, 15) is 9.59 Å². The van der Waals surface area contributed by atoms with Crippen LogP contribution in [0.15, 0.2) is 72.8 Å². The molecule has 0 unspecified atom stereocenters. The van der Waals surface area contributed by atoms with Crippen LogP contribution in [0, 0.1) is 6.92 Å². The van der Waals surface area contributed by atoms with Crippen LogP contribution >= 0.6 is 11.3 Å². The second kappa shape index (κ2) is 7.62. The van der Waals surface area contributed by atoms with Crippen LogP contribution in [-0.4, -0.2) is 16.8 Å². The number of hydrogen-bond acceptors (Lipinski definition) is 4. The third-order valence-corrected chi connectivity index (χ3v) is 5.15. The van der Waals surface area contributed by atoms with Crippen molar-refractivity contribution in [3.05, 3.63) is 89.5 Å². The average molecular weight is 387 g/mol. The molecule has 0 aliphatic heterocycles. The van der Waals surface area contributed by atoms with E-state index in [1.165, 1.54) is 11.3 Å². The summed E-state index contributed by atoms with van der Waals surface area (Å²) in [6.45, 7) is 1.93. The van der Waals surface area contributed by atoms with Gasteiger partial charge in [-0.3, -0.25) is 14.9 Å². The van der Waals surface area contributed by atoms with E-state index >= 15 is 0 Å². The van der Waals surface area contributed by atoms with Crippen LogP contribution in [-0.2, 0) is 0 Å². The number of benzene rings is 3. The topological polar surface area (TPSA) is 71.1 Å². The minimum absolute atomic E-state index is 0.165. The highest BCUT2D eigenvalue weighted by molar-refractivity contribution is 7.22. The van der Waals surface area contributed by atoms with Gasteiger partial charge >= 0.3 is 0 Å². The molecule has 0 atom stereocenters. The maximum absolute atomic E-state index is 12.4. The normalized spacial score (nSPS) is 10.6. The predicted octanol–water partition coefficient (Wildman–Crippen LogP) is 5.11. The molecule has 1 heterocycles. The first-order chi connectivity index (χ1) is 13.6. The zero-order chi connectivity index (χ0) is 19.5. The lowest BCUT2D eigenvalue weighted by molar-refractivity contribution is 0.101. The van der Waals surface area contributed by atoms with E-state index in [1.54, 1.807) is 24.3 Å². The van der Waals surface area contributed by atoms with Gasteiger partial charge in [0.25, 0.3) is 11.8 Å². The number of thiazole rings is 1. The number of aromatic nitrogens is 1. The highest BCUT2D eigenvalue weighted by Gasteiger charge is 2.13. The highest BCUT2D eigenvalue weighted by atomic mass is 32.1. The van der Waals surface area contributed by atoms with Gasteiger partial charge in [-0.1, -0.05) is 47.7 Å². The van der Waals surface area contributed by atoms with Gasteiger partial charge in [0.05, 0.1) is 10.2 Å². The number of nitrogens with one attached hydrogen (secondary N) is 2. The first-order valence-corrected chi connectivity index (χ1v) is 9.56. The van der Waals surface area contributed by atoms with Gasteiger partial charge in [-0.15, -0.1) is 0 Å². The maximum atomic E-state index is 12.4. The molecule has 6 heteroatoms. The third-order valence-electron chi connectivity index (χ3n) is 4.24. The van der Waals surface area contributed by atoms with Gasteiger partial charge in [0.2, 0.25) is 0 Å². The minimum atomic E-state index is -0.199. The monoisotopic (exact) mass is 387 g/mol. The van der Waals surface area contributed by atoms with Gasteiger partial charge in [-0.25, -0.2) is 4.98 Å². The van der Waals surface area contributed by atoms with Gasteiger partial charge in [-0.2, -0.15) is 0 Å². The Hall–Kier alpha value is -3.51. The Morgan fingerprint density at radius 2 is 1.39 bits per heavy atom. The van der Waals surface area contributed by atoms with E-state index < -0.39 is 0 Å². The molecule has 0 saturated carbocycles. The van der Waals surface area contributed by atoms with Crippen molar-refractivity contribution in [2.45, 2.75) is 6.92 Å². The van der Waals surface area contributed by atoms with Crippen LogP contribution in [0.3, 0.4) is 0 Å². The van der Waals surface area contributed by atoms with Crippen LogP contribution in [0.1, 0.15) is 26.3 Å². The molecule has 4 rings (SSSR count).